The molecule has 0 radical (unpaired) electrons. The highest BCUT2D eigenvalue weighted by atomic mass is 16.2. The van der Waals surface area contributed by atoms with E-state index in [-0.39, 0.29) is 11.4 Å². The van der Waals surface area contributed by atoms with Crippen LogP contribution in [0.1, 0.15) is 27.7 Å². The first-order chi connectivity index (χ1) is 8.31. The third kappa shape index (κ3) is 4.28. The normalized spacial score (nSPS) is 11.4. The molecular formula is C14H23N3O. The lowest BCUT2D eigenvalue weighted by molar-refractivity contribution is 0.223. The zero-order valence-electron chi connectivity index (χ0n) is 11.6. The molecule has 0 bridgehead atoms. The van der Waals surface area contributed by atoms with Gasteiger partial charge in [-0.2, -0.15) is 0 Å². The summed E-state index contributed by atoms with van der Waals surface area (Å²) < 4.78 is 0. The molecule has 18 heavy (non-hydrogen) atoms. The van der Waals surface area contributed by atoms with Crippen LogP contribution in [0.4, 0.5) is 16.2 Å². The SMILES string of the molecule is CC(C)C(C)(C)CNC(=O)Nc1ccc(N)cc1. The van der Waals surface area contributed by atoms with Gasteiger partial charge in [0.25, 0.3) is 0 Å². The maximum absolute atomic E-state index is 11.7. The highest BCUT2D eigenvalue weighted by Crippen LogP contribution is 2.24. The molecule has 0 aliphatic rings. The van der Waals surface area contributed by atoms with E-state index in [4.69, 9.17) is 5.73 Å². The summed E-state index contributed by atoms with van der Waals surface area (Å²) in [5, 5.41) is 5.66. The van der Waals surface area contributed by atoms with Crippen LogP contribution in [0.25, 0.3) is 0 Å². The number of nitrogens with one attached hydrogen (secondary N) is 2. The second-order valence-electron chi connectivity index (χ2n) is 5.57. The van der Waals surface area contributed by atoms with E-state index >= 15 is 0 Å². The Kier molecular flexibility index (Phi) is 4.59. The predicted octanol–water partition coefficient (Wildman–Crippen LogP) is 3.07. The van der Waals surface area contributed by atoms with Gasteiger partial charge in [-0.3, -0.25) is 0 Å². The van der Waals surface area contributed by atoms with Gasteiger partial charge in [0.2, 0.25) is 0 Å². The minimum absolute atomic E-state index is 0.0818. The van der Waals surface area contributed by atoms with Gasteiger partial charge in [0.15, 0.2) is 0 Å². The molecule has 4 nitrogen and oxygen atoms in total. The average Bonchev–Trinajstić information content (AvgIpc) is 2.29. The monoisotopic (exact) mass is 249 g/mol. The second-order valence-corrected chi connectivity index (χ2v) is 5.57. The Hall–Kier alpha value is -1.71. The maximum Gasteiger partial charge on any atom is 0.319 e. The van der Waals surface area contributed by atoms with E-state index in [0.717, 1.165) is 5.69 Å². The van der Waals surface area contributed by atoms with E-state index in [0.29, 0.717) is 18.2 Å². The number of benzene rings is 1. The van der Waals surface area contributed by atoms with Crippen LogP contribution < -0.4 is 16.4 Å². The lowest BCUT2D eigenvalue weighted by Crippen LogP contribution is -2.39. The molecule has 0 saturated heterocycles. The summed E-state index contributed by atoms with van der Waals surface area (Å²) in [6.07, 6.45) is 0. The number of rotatable bonds is 4. The van der Waals surface area contributed by atoms with E-state index in [1.54, 1.807) is 24.3 Å². The molecule has 1 aromatic rings. The molecule has 0 spiro atoms. The Bertz CT molecular complexity index is 396. The number of nitrogens with two attached hydrogens (primary N) is 1. The minimum Gasteiger partial charge on any atom is -0.399 e. The van der Waals surface area contributed by atoms with Crippen LogP contribution in [0.2, 0.25) is 0 Å². The minimum atomic E-state index is -0.187. The van der Waals surface area contributed by atoms with Gasteiger partial charge in [-0.15, -0.1) is 0 Å². The topological polar surface area (TPSA) is 67.2 Å². The van der Waals surface area contributed by atoms with Crippen LogP contribution in [0.3, 0.4) is 0 Å². The molecule has 0 unspecified atom stereocenters. The molecule has 100 valence electrons. The van der Waals surface area contributed by atoms with Crippen molar-refractivity contribution in [1.82, 2.24) is 5.32 Å². The van der Waals surface area contributed by atoms with Crippen molar-refractivity contribution in [1.29, 1.82) is 0 Å². The van der Waals surface area contributed by atoms with E-state index in [9.17, 15) is 4.79 Å². The summed E-state index contributed by atoms with van der Waals surface area (Å²) in [6, 6.07) is 6.89. The van der Waals surface area contributed by atoms with Crippen molar-refractivity contribution in [2.75, 3.05) is 17.6 Å². The van der Waals surface area contributed by atoms with Crippen molar-refractivity contribution in [2.24, 2.45) is 11.3 Å². The molecule has 0 heterocycles. The first kappa shape index (κ1) is 14.4. The highest BCUT2D eigenvalue weighted by molar-refractivity contribution is 5.89. The third-order valence-electron chi connectivity index (χ3n) is 3.44. The van der Waals surface area contributed by atoms with Crippen molar-refractivity contribution in [3.8, 4) is 0 Å². The van der Waals surface area contributed by atoms with E-state index in [2.05, 4.69) is 38.3 Å². The number of amides is 2. The summed E-state index contributed by atoms with van der Waals surface area (Å²) in [7, 11) is 0. The van der Waals surface area contributed by atoms with Crippen molar-refractivity contribution < 1.29 is 4.79 Å². The zero-order chi connectivity index (χ0) is 13.8. The van der Waals surface area contributed by atoms with E-state index in [1.165, 1.54) is 0 Å². The largest absolute Gasteiger partial charge is 0.399 e. The second kappa shape index (κ2) is 5.76. The van der Waals surface area contributed by atoms with Gasteiger partial charge in [0.1, 0.15) is 0 Å². The quantitative estimate of drug-likeness (QED) is 0.718. The fraction of sp³-hybridized carbons (Fsp3) is 0.500. The molecule has 4 N–H and O–H groups in total. The van der Waals surface area contributed by atoms with Crippen LogP contribution >= 0.6 is 0 Å². The Morgan fingerprint density at radius 1 is 1.28 bits per heavy atom. The molecule has 1 aromatic carbocycles. The fourth-order valence-electron chi connectivity index (χ4n) is 1.25. The predicted molar refractivity (Wildman–Crippen MR) is 76.5 cm³/mol. The Balaban J connectivity index is 2.45. The van der Waals surface area contributed by atoms with E-state index in [1.807, 2.05) is 0 Å². The molecule has 0 aromatic heterocycles. The number of hydrogen-bond acceptors (Lipinski definition) is 2. The Morgan fingerprint density at radius 3 is 2.33 bits per heavy atom. The van der Waals surface area contributed by atoms with Crippen molar-refractivity contribution in [3.05, 3.63) is 24.3 Å². The van der Waals surface area contributed by atoms with Crippen LogP contribution in [0.15, 0.2) is 24.3 Å². The van der Waals surface area contributed by atoms with E-state index < -0.39 is 0 Å². The van der Waals surface area contributed by atoms with Gasteiger partial charge in [-0.25, -0.2) is 4.79 Å². The first-order valence-corrected chi connectivity index (χ1v) is 6.21. The molecule has 4 heteroatoms. The van der Waals surface area contributed by atoms with Gasteiger partial charge < -0.3 is 16.4 Å². The average molecular weight is 249 g/mol. The lowest BCUT2D eigenvalue weighted by Gasteiger charge is -2.29. The number of nitrogen functional groups attached to an aromatic ring is 1. The molecule has 0 aliphatic carbocycles. The highest BCUT2D eigenvalue weighted by Gasteiger charge is 2.22. The summed E-state index contributed by atoms with van der Waals surface area (Å²) in [6.45, 7) is 9.23. The molecule has 2 amide bonds. The van der Waals surface area contributed by atoms with Gasteiger partial charge in [0.05, 0.1) is 0 Å². The van der Waals surface area contributed by atoms with Gasteiger partial charge in [0, 0.05) is 17.9 Å². The van der Waals surface area contributed by atoms with Crippen LogP contribution in [0.5, 0.6) is 0 Å². The number of carbonyl (C=O) groups is 1. The van der Waals surface area contributed by atoms with Crippen LogP contribution in [0, 0.1) is 11.3 Å². The number of urea groups is 1. The Morgan fingerprint density at radius 2 is 1.83 bits per heavy atom. The smallest absolute Gasteiger partial charge is 0.319 e. The van der Waals surface area contributed by atoms with Gasteiger partial charge in [-0.05, 0) is 35.6 Å². The first-order valence-electron chi connectivity index (χ1n) is 6.21. The lowest BCUT2D eigenvalue weighted by atomic mass is 9.81. The molecule has 0 atom stereocenters. The molecule has 0 aliphatic heterocycles. The summed E-state index contributed by atoms with van der Waals surface area (Å²) in [5.74, 6) is 0.509. The maximum atomic E-state index is 11.7. The van der Waals surface area contributed by atoms with Crippen molar-refractivity contribution >= 4 is 17.4 Å². The Labute approximate surface area is 109 Å². The number of hydrogen-bond donors (Lipinski definition) is 3. The van der Waals surface area contributed by atoms with Gasteiger partial charge >= 0.3 is 6.03 Å². The van der Waals surface area contributed by atoms with Crippen molar-refractivity contribution in [3.63, 3.8) is 0 Å². The molecular weight excluding hydrogens is 226 g/mol. The number of carbonyl (C=O) groups excluding carboxylic acids is 1. The third-order valence-corrected chi connectivity index (χ3v) is 3.44. The molecule has 1 rings (SSSR count). The fourth-order valence-corrected chi connectivity index (χ4v) is 1.25. The molecule has 0 saturated carbocycles. The summed E-state index contributed by atoms with van der Waals surface area (Å²) in [5.41, 5.74) is 7.08. The number of anilines is 2. The zero-order valence-corrected chi connectivity index (χ0v) is 11.6. The van der Waals surface area contributed by atoms with Crippen molar-refractivity contribution in [2.45, 2.75) is 27.7 Å². The standard InChI is InChI=1S/C14H23N3O/c1-10(2)14(3,4)9-16-13(18)17-12-7-5-11(15)6-8-12/h5-8,10H,9,15H2,1-4H3,(H2,16,17,18). The van der Waals surface area contributed by atoms with Gasteiger partial charge in [-0.1, -0.05) is 27.7 Å². The summed E-state index contributed by atoms with van der Waals surface area (Å²) in [4.78, 5) is 11.7. The summed E-state index contributed by atoms with van der Waals surface area (Å²) >= 11 is 0. The van der Waals surface area contributed by atoms with Crippen LogP contribution in [-0.4, -0.2) is 12.6 Å². The molecule has 0 fully saturated rings. The van der Waals surface area contributed by atoms with Crippen LogP contribution in [-0.2, 0) is 0 Å².